The van der Waals surface area contributed by atoms with Crippen LogP contribution in [0, 0.1) is 5.92 Å². The molecule has 1 rings (SSSR count). The molecule has 0 radical (unpaired) electrons. The summed E-state index contributed by atoms with van der Waals surface area (Å²) in [5.74, 6) is -1.84. The number of hydrogen-bond acceptors (Lipinski definition) is 4. The summed E-state index contributed by atoms with van der Waals surface area (Å²) in [5, 5.41) is 11.7. The van der Waals surface area contributed by atoms with Gasteiger partial charge in [-0.05, 0) is 18.8 Å². The lowest BCUT2D eigenvalue weighted by Crippen LogP contribution is -2.55. The van der Waals surface area contributed by atoms with Gasteiger partial charge in [0.15, 0.2) is 0 Å². The lowest BCUT2D eigenvalue weighted by atomic mass is 9.98. The zero-order valence-electron chi connectivity index (χ0n) is 12.7. The van der Waals surface area contributed by atoms with E-state index in [1.54, 1.807) is 6.92 Å². The van der Waals surface area contributed by atoms with Crippen molar-refractivity contribution in [3.63, 3.8) is 0 Å². The molecule has 2 unspecified atom stereocenters. The Balaban J connectivity index is 2.87. The third-order valence-electron chi connectivity index (χ3n) is 3.96. The first-order chi connectivity index (χ1) is 9.68. The summed E-state index contributed by atoms with van der Waals surface area (Å²) in [7, 11) is -3.48. The van der Waals surface area contributed by atoms with Crippen LogP contribution in [0.1, 0.15) is 39.5 Å². The molecular weight excluding hydrogens is 296 g/mol. The van der Waals surface area contributed by atoms with E-state index in [0.29, 0.717) is 25.8 Å². The largest absolute Gasteiger partial charge is 0.480 e. The van der Waals surface area contributed by atoms with Gasteiger partial charge in [0.2, 0.25) is 15.9 Å². The maximum Gasteiger partial charge on any atom is 0.326 e. The molecule has 0 aromatic rings. The van der Waals surface area contributed by atoms with Gasteiger partial charge in [0.25, 0.3) is 0 Å². The molecule has 21 heavy (non-hydrogen) atoms. The predicted molar refractivity (Wildman–Crippen MR) is 78.2 cm³/mol. The number of piperidine rings is 1. The van der Waals surface area contributed by atoms with E-state index >= 15 is 0 Å². The molecule has 122 valence electrons. The van der Waals surface area contributed by atoms with Crippen molar-refractivity contribution >= 4 is 21.9 Å². The van der Waals surface area contributed by atoms with Crippen molar-refractivity contribution in [3.05, 3.63) is 0 Å². The Morgan fingerprint density at radius 2 is 2.00 bits per heavy atom. The van der Waals surface area contributed by atoms with Crippen molar-refractivity contribution in [1.82, 2.24) is 9.62 Å². The number of rotatable bonds is 6. The van der Waals surface area contributed by atoms with Crippen molar-refractivity contribution in [1.29, 1.82) is 0 Å². The number of carbonyl (C=O) groups is 2. The van der Waals surface area contributed by atoms with Crippen molar-refractivity contribution in [2.75, 3.05) is 12.8 Å². The summed E-state index contributed by atoms with van der Waals surface area (Å²) in [5.41, 5.74) is 0. The van der Waals surface area contributed by atoms with Gasteiger partial charge in [-0.1, -0.05) is 26.7 Å². The molecule has 0 spiro atoms. The molecule has 3 atom stereocenters. The van der Waals surface area contributed by atoms with Gasteiger partial charge in [0.05, 0.1) is 6.26 Å². The number of amides is 1. The van der Waals surface area contributed by atoms with Gasteiger partial charge in [-0.25, -0.2) is 13.2 Å². The third-order valence-corrected chi connectivity index (χ3v) is 5.25. The van der Waals surface area contributed by atoms with Crippen LogP contribution in [-0.2, 0) is 19.6 Å². The normalized spacial score (nSPS) is 23.3. The summed E-state index contributed by atoms with van der Waals surface area (Å²) in [6, 6.07) is -1.80. The van der Waals surface area contributed by atoms with Crippen molar-refractivity contribution in [2.24, 2.45) is 5.92 Å². The number of hydrogen-bond donors (Lipinski definition) is 2. The summed E-state index contributed by atoms with van der Waals surface area (Å²) >= 11 is 0. The number of carbonyl (C=O) groups excluding carboxylic acids is 1. The lowest BCUT2D eigenvalue weighted by molar-refractivity contribution is -0.144. The van der Waals surface area contributed by atoms with Gasteiger partial charge in [-0.15, -0.1) is 0 Å². The average Bonchev–Trinajstić information content (AvgIpc) is 2.42. The Morgan fingerprint density at radius 3 is 2.48 bits per heavy atom. The van der Waals surface area contributed by atoms with Crippen molar-refractivity contribution in [2.45, 2.75) is 51.6 Å². The van der Waals surface area contributed by atoms with E-state index in [1.807, 2.05) is 6.92 Å². The molecular formula is C13H24N2O5S. The fourth-order valence-electron chi connectivity index (χ4n) is 2.50. The topological polar surface area (TPSA) is 104 Å². The van der Waals surface area contributed by atoms with Gasteiger partial charge in [0.1, 0.15) is 12.1 Å². The van der Waals surface area contributed by atoms with E-state index in [2.05, 4.69) is 5.32 Å². The van der Waals surface area contributed by atoms with Crippen molar-refractivity contribution < 1.29 is 23.1 Å². The highest BCUT2D eigenvalue weighted by Crippen LogP contribution is 2.20. The quantitative estimate of drug-likeness (QED) is 0.738. The van der Waals surface area contributed by atoms with Crippen molar-refractivity contribution in [3.8, 4) is 0 Å². The molecule has 1 heterocycles. The predicted octanol–water partition coefficient (Wildman–Crippen LogP) is 0.416. The Morgan fingerprint density at radius 1 is 1.38 bits per heavy atom. The first-order valence-electron chi connectivity index (χ1n) is 7.18. The second-order valence-electron chi connectivity index (χ2n) is 5.60. The van der Waals surface area contributed by atoms with E-state index in [9.17, 15) is 23.1 Å². The van der Waals surface area contributed by atoms with Crippen LogP contribution in [0.25, 0.3) is 0 Å². The fourth-order valence-corrected chi connectivity index (χ4v) is 3.62. The molecule has 1 aliphatic heterocycles. The smallest absolute Gasteiger partial charge is 0.326 e. The SMILES string of the molecule is CCC(C)[C@H](NC(=O)C1CCCCN1S(C)(=O)=O)C(=O)O. The molecule has 8 heteroatoms. The molecule has 7 nitrogen and oxygen atoms in total. The minimum atomic E-state index is -3.48. The van der Waals surface area contributed by atoms with Gasteiger partial charge < -0.3 is 10.4 Å². The van der Waals surface area contributed by atoms with Gasteiger partial charge in [-0.3, -0.25) is 4.79 Å². The van der Waals surface area contributed by atoms with E-state index in [-0.39, 0.29) is 5.92 Å². The Hall–Kier alpha value is -1.15. The minimum absolute atomic E-state index is 0.221. The molecule has 1 fully saturated rings. The van der Waals surface area contributed by atoms with Crippen LogP contribution in [0.2, 0.25) is 0 Å². The zero-order valence-corrected chi connectivity index (χ0v) is 13.5. The number of nitrogens with one attached hydrogen (secondary N) is 1. The number of sulfonamides is 1. The minimum Gasteiger partial charge on any atom is -0.480 e. The number of nitrogens with zero attached hydrogens (tertiary/aromatic N) is 1. The Labute approximate surface area is 125 Å². The summed E-state index contributed by atoms with van der Waals surface area (Å²) < 4.78 is 24.6. The first-order valence-corrected chi connectivity index (χ1v) is 9.03. The number of carboxylic acid groups (broad SMARTS) is 1. The highest BCUT2D eigenvalue weighted by atomic mass is 32.2. The van der Waals surface area contributed by atoms with Gasteiger partial charge in [0, 0.05) is 6.54 Å². The van der Waals surface area contributed by atoms with Crippen LogP contribution >= 0.6 is 0 Å². The number of carboxylic acids is 1. The second-order valence-corrected chi connectivity index (χ2v) is 7.53. The molecule has 0 aliphatic carbocycles. The van der Waals surface area contributed by atoms with Crippen LogP contribution in [0.15, 0.2) is 0 Å². The van der Waals surface area contributed by atoms with Crippen LogP contribution in [0.5, 0.6) is 0 Å². The highest BCUT2D eigenvalue weighted by Gasteiger charge is 2.36. The molecule has 0 aromatic carbocycles. The maximum absolute atomic E-state index is 12.3. The first kappa shape index (κ1) is 17.9. The van der Waals surface area contributed by atoms with E-state index in [1.165, 1.54) is 4.31 Å². The molecule has 1 aliphatic rings. The van der Waals surface area contributed by atoms with Crippen LogP contribution < -0.4 is 5.32 Å². The molecule has 2 N–H and O–H groups in total. The fraction of sp³-hybridized carbons (Fsp3) is 0.846. The van der Waals surface area contributed by atoms with E-state index in [4.69, 9.17) is 0 Å². The van der Waals surface area contributed by atoms with E-state index in [0.717, 1.165) is 12.7 Å². The van der Waals surface area contributed by atoms with Crippen LogP contribution in [0.4, 0.5) is 0 Å². The lowest BCUT2D eigenvalue weighted by Gasteiger charge is -2.33. The van der Waals surface area contributed by atoms with Crippen LogP contribution in [-0.4, -0.2) is 54.6 Å². The third kappa shape index (κ3) is 4.67. The van der Waals surface area contributed by atoms with Gasteiger partial charge in [-0.2, -0.15) is 4.31 Å². The summed E-state index contributed by atoms with van der Waals surface area (Å²) in [6.07, 6.45) is 3.57. The standard InChI is InChI=1S/C13H24N2O5S/c1-4-9(2)11(13(17)18)14-12(16)10-7-5-6-8-15(10)21(3,19)20/h9-11H,4-8H2,1-3H3,(H,14,16)(H,17,18)/t9?,10?,11-/m0/s1. The highest BCUT2D eigenvalue weighted by molar-refractivity contribution is 7.88. The maximum atomic E-state index is 12.3. The Bertz CT molecular complexity index is 491. The molecule has 1 amide bonds. The number of aliphatic carboxylic acids is 1. The average molecular weight is 320 g/mol. The molecule has 0 bridgehead atoms. The zero-order chi connectivity index (χ0) is 16.2. The monoisotopic (exact) mass is 320 g/mol. The summed E-state index contributed by atoms with van der Waals surface area (Å²) in [4.78, 5) is 23.6. The summed E-state index contributed by atoms with van der Waals surface area (Å²) in [6.45, 7) is 3.89. The molecule has 0 saturated carbocycles. The molecule has 1 saturated heterocycles. The van der Waals surface area contributed by atoms with Crippen LogP contribution in [0.3, 0.4) is 0 Å². The molecule has 0 aromatic heterocycles. The van der Waals surface area contributed by atoms with Gasteiger partial charge >= 0.3 is 5.97 Å². The second kappa shape index (κ2) is 7.22. The van der Waals surface area contributed by atoms with E-state index < -0.39 is 34.0 Å². The Kier molecular flexibility index (Phi) is 6.15.